The molecule has 8 heteroatoms. The van der Waals surface area contributed by atoms with Gasteiger partial charge in [-0.1, -0.05) is 35.3 Å². The minimum atomic E-state index is -3.80. The largest absolute Gasteiger partial charge is 0.495 e. The van der Waals surface area contributed by atoms with Crippen LogP contribution in [0.3, 0.4) is 0 Å². The summed E-state index contributed by atoms with van der Waals surface area (Å²) in [7, 11) is -2.36. The Balaban J connectivity index is 1.69. The zero-order chi connectivity index (χ0) is 19.4. The molecular formula is C19H22Cl2N2O3S. The summed E-state index contributed by atoms with van der Waals surface area (Å²) in [4.78, 5) is 2.29. The van der Waals surface area contributed by atoms with Gasteiger partial charge in [0.25, 0.3) is 0 Å². The molecule has 0 saturated carbocycles. The van der Waals surface area contributed by atoms with Gasteiger partial charge in [0.05, 0.1) is 12.1 Å². The average molecular weight is 429 g/mol. The number of hydrogen-bond acceptors (Lipinski definition) is 4. The van der Waals surface area contributed by atoms with Gasteiger partial charge in [-0.25, -0.2) is 13.1 Å². The Morgan fingerprint density at radius 3 is 2.30 bits per heavy atom. The van der Waals surface area contributed by atoms with Gasteiger partial charge in [0.2, 0.25) is 10.0 Å². The van der Waals surface area contributed by atoms with Crippen molar-refractivity contribution in [2.24, 2.45) is 0 Å². The van der Waals surface area contributed by atoms with Crippen LogP contribution >= 0.6 is 23.2 Å². The molecule has 3 rings (SSSR count). The highest BCUT2D eigenvalue weighted by molar-refractivity contribution is 7.89. The van der Waals surface area contributed by atoms with Gasteiger partial charge < -0.3 is 9.64 Å². The smallest absolute Gasteiger partial charge is 0.242 e. The number of benzene rings is 2. The van der Waals surface area contributed by atoms with Crippen LogP contribution in [0.25, 0.3) is 0 Å². The SMILES string of the molecule is COc1ccc(S(=O)(=O)NCc2ccc(N3CCCCC3)cc2)c(Cl)c1Cl. The van der Waals surface area contributed by atoms with E-state index in [2.05, 4.69) is 9.62 Å². The normalized spacial score (nSPS) is 15.0. The summed E-state index contributed by atoms with van der Waals surface area (Å²) in [5, 5.41) is 0.0249. The number of piperidine rings is 1. The van der Waals surface area contributed by atoms with Crippen LogP contribution in [0.1, 0.15) is 24.8 Å². The highest BCUT2D eigenvalue weighted by Crippen LogP contribution is 2.36. The molecule has 0 radical (unpaired) electrons. The van der Waals surface area contributed by atoms with Gasteiger partial charge in [-0.05, 0) is 49.1 Å². The molecule has 0 aromatic heterocycles. The molecule has 1 N–H and O–H groups in total. The maximum Gasteiger partial charge on any atom is 0.242 e. The van der Waals surface area contributed by atoms with Gasteiger partial charge in [0.15, 0.2) is 0 Å². The summed E-state index contributed by atoms with van der Waals surface area (Å²) in [5.74, 6) is 0.328. The van der Waals surface area contributed by atoms with E-state index in [1.54, 1.807) is 0 Å². The van der Waals surface area contributed by atoms with Crippen molar-refractivity contribution < 1.29 is 13.2 Å². The zero-order valence-corrected chi connectivity index (χ0v) is 17.4. The number of ether oxygens (including phenoxy) is 1. The predicted molar refractivity (Wildman–Crippen MR) is 110 cm³/mol. The van der Waals surface area contributed by atoms with E-state index < -0.39 is 10.0 Å². The number of methoxy groups -OCH3 is 1. The number of sulfonamides is 1. The minimum absolute atomic E-state index is 0.0519. The molecular weight excluding hydrogens is 407 g/mol. The molecule has 1 aliphatic heterocycles. The predicted octanol–water partition coefficient (Wildman–Crippen LogP) is 4.47. The third-order valence-electron chi connectivity index (χ3n) is 4.64. The lowest BCUT2D eigenvalue weighted by molar-refractivity contribution is 0.414. The van der Waals surface area contributed by atoms with E-state index >= 15 is 0 Å². The molecule has 0 atom stereocenters. The lowest BCUT2D eigenvalue weighted by Crippen LogP contribution is -2.29. The Hall–Kier alpha value is -1.47. The number of anilines is 1. The molecule has 0 amide bonds. The monoisotopic (exact) mass is 428 g/mol. The Morgan fingerprint density at radius 1 is 1.00 bits per heavy atom. The Bertz CT molecular complexity index is 896. The number of rotatable bonds is 6. The molecule has 1 aliphatic rings. The third-order valence-corrected chi connectivity index (χ3v) is 7.06. The van der Waals surface area contributed by atoms with Crippen molar-refractivity contribution in [1.82, 2.24) is 4.72 Å². The standard InChI is InChI=1S/C19H22Cl2N2O3S/c1-26-16-9-10-17(19(21)18(16)20)27(24,25)22-13-14-5-7-15(8-6-14)23-11-3-2-4-12-23/h5-10,22H,2-4,11-13H2,1H3. The van der Waals surface area contributed by atoms with E-state index in [0.717, 1.165) is 18.7 Å². The maximum absolute atomic E-state index is 12.6. The molecule has 5 nitrogen and oxygen atoms in total. The number of hydrogen-bond donors (Lipinski definition) is 1. The summed E-state index contributed by atoms with van der Waals surface area (Å²) in [5.41, 5.74) is 2.04. The lowest BCUT2D eigenvalue weighted by Gasteiger charge is -2.28. The molecule has 1 fully saturated rings. The molecule has 0 unspecified atom stereocenters. The second kappa shape index (κ2) is 8.69. The highest BCUT2D eigenvalue weighted by atomic mass is 35.5. The number of nitrogens with one attached hydrogen (secondary N) is 1. The Kier molecular flexibility index (Phi) is 6.52. The maximum atomic E-state index is 12.6. The summed E-state index contributed by atoms with van der Waals surface area (Å²) in [6, 6.07) is 10.8. The highest BCUT2D eigenvalue weighted by Gasteiger charge is 2.21. The van der Waals surface area contributed by atoms with Crippen LogP contribution in [0.2, 0.25) is 10.0 Å². The first-order valence-corrected chi connectivity index (χ1v) is 11.0. The summed E-state index contributed by atoms with van der Waals surface area (Å²) in [6.45, 7) is 2.31. The van der Waals surface area contributed by atoms with Crippen LogP contribution in [-0.4, -0.2) is 28.6 Å². The van der Waals surface area contributed by atoms with Gasteiger partial charge in [-0.3, -0.25) is 0 Å². The van der Waals surface area contributed by atoms with Crippen LogP contribution in [-0.2, 0) is 16.6 Å². The molecule has 2 aromatic rings. The number of nitrogens with zero attached hydrogens (tertiary/aromatic N) is 1. The fraction of sp³-hybridized carbons (Fsp3) is 0.368. The van der Waals surface area contributed by atoms with E-state index in [1.807, 2.05) is 24.3 Å². The van der Waals surface area contributed by atoms with Gasteiger partial charge in [-0.2, -0.15) is 0 Å². The Morgan fingerprint density at radius 2 is 1.67 bits per heavy atom. The molecule has 2 aromatic carbocycles. The van der Waals surface area contributed by atoms with Crippen LogP contribution in [0, 0.1) is 0 Å². The topological polar surface area (TPSA) is 58.6 Å². The summed E-state index contributed by atoms with van der Waals surface area (Å²) >= 11 is 12.2. The third kappa shape index (κ3) is 4.69. The molecule has 0 spiro atoms. The van der Waals surface area contributed by atoms with E-state index in [1.165, 1.54) is 44.2 Å². The summed E-state index contributed by atoms with van der Waals surface area (Å²) in [6.07, 6.45) is 3.72. The van der Waals surface area contributed by atoms with Crippen molar-refractivity contribution in [3.8, 4) is 5.75 Å². The second-order valence-electron chi connectivity index (χ2n) is 6.43. The van der Waals surface area contributed by atoms with E-state index in [4.69, 9.17) is 27.9 Å². The minimum Gasteiger partial charge on any atom is -0.495 e. The first-order chi connectivity index (χ1) is 12.9. The molecule has 27 heavy (non-hydrogen) atoms. The Labute approximate surface area is 170 Å². The van der Waals surface area contributed by atoms with Crippen LogP contribution in [0.15, 0.2) is 41.3 Å². The van der Waals surface area contributed by atoms with Crippen molar-refractivity contribution >= 4 is 38.9 Å². The first-order valence-electron chi connectivity index (χ1n) is 8.78. The first kappa shape index (κ1) is 20.3. The molecule has 146 valence electrons. The molecule has 1 heterocycles. The molecule has 1 saturated heterocycles. The van der Waals surface area contributed by atoms with Crippen LogP contribution < -0.4 is 14.4 Å². The van der Waals surface area contributed by atoms with Crippen molar-refractivity contribution in [2.45, 2.75) is 30.7 Å². The average Bonchev–Trinajstić information content (AvgIpc) is 2.69. The molecule has 0 bridgehead atoms. The number of halogens is 2. The molecule has 0 aliphatic carbocycles. The van der Waals surface area contributed by atoms with E-state index in [-0.39, 0.29) is 21.5 Å². The van der Waals surface area contributed by atoms with Crippen molar-refractivity contribution in [2.75, 3.05) is 25.1 Å². The van der Waals surface area contributed by atoms with Gasteiger partial charge >= 0.3 is 0 Å². The van der Waals surface area contributed by atoms with Crippen molar-refractivity contribution in [3.05, 3.63) is 52.0 Å². The summed E-state index contributed by atoms with van der Waals surface area (Å²) < 4.78 is 32.8. The zero-order valence-electron chi connectivity index (χ0n) is 15.0. The van der Waals surface area contributed by atoms with Gasteiger partial charge in [0.1, 0.15) is 15.7 Å². The quantitative estimate of drug-likeness (QED) is 0.736. The van der Waals surface area contributed by atoms with Crippen LogP contribution in [0.4, 0.5) is 5.69 Å². The van der Waals surface area contributed by atoms with Crippen molar-refractivity contribution in [3.63, 3.8) is 0 Å². The van der Waals surface area contributed by atoms with Crippen LogP contribution in [0.5, 0.6) is 5.75 Å². The van der Waals surface area contributed by atoms with E-state index in [9.17, 15) is 8.42 Å². The van der Waals surface area contributed by atoms with Gasteiger partial charge in [0, 0.05) is 25.3 Å². The van der Waals surface area contributed by atoms with Gasteiger partial charge in [-0.15, -0.1) is 0 Å². The van der Waals surface area contributed by atoms with Crippen molar-refractivity contribution in [1.29, 1.82) is 0 Å². The van der Waals surface area contributed by atoms with E-state index in [0.29, 0.717) is 5.75 Å². The fourth-order valence-electron chi connectivity index (χ4n) is 3.11. The second-order valence-corrected chi connectivity index (χ2v) is 8.92. The lowest BCUT2D eigenvalue weighted by atomic mass is 10.1. The fourth-order valence-corrected chi connectivity index (χ4v) is 4.97.